The Morgan fingerprint density at radius 1 is 1.59 bits per heavy atom. The normalized spacial score (nSPS) is 12.5. The fraction of sp³-hybridized carbons (Fsp3) is 0.667. The molecule has 1 rings (SSSR count). The number of nitrogens with zero attached hydrogens (tertiary/aromatic N) is 2. The SMILES string of the molecule is CCC(O)CCNC(=O)Cn1nc(C)cc1C. The Kier molecular flexibility index (Phi) is 5.15. The van der Waals surface area contributed by atoms with Crippen molar-refractivity contribution in [1.82, 2.24) is 15.1 Å². The Morgan fingerprint density at radius 3 is 2.82 bits per heavy atom. The van der Waals surface area contributed by atoms with E-state index in [2.05, 4.69) is 10.4 Å². The minimum atomic E-state index is -0.330. The summed E-state index contributed by atoms with van der Waals surface area (Å²) < 4.78 is 1.68. The molecule has 0 aliphatic rings. The molecule has 0 saturated heterocycles. The van der Waals surface area contributed by atoms with E-state index in [1.807, 2.05) is 26.8 Å². The van der Waals surface area contributed by atoms with E-state index in [1.54, 1.807) is 4.68 Å². The predicted molar refractivity (Wildman–Crippen MR) is 65.6 cm³/mol. The van der Waals surface area contributed by atoms with Crippen LogP contribution in [0.5, 0.6) is 0 Å². The number of nitrogens with one attached hydrogen (secondary N) is 1. The summed E-state index contributed by atoms with van der Waals surface area (Å²) in [7, 11) is 0. The summed E-state index contributed by atoms with van der Waals surface area (Å²) in [5, 5.41) is 16.3. The molecule has 0 aromatic carbocycles. The van der Waals surface area contributed by atoms with Gasteiger partial charge in [-0.1, -0.05) is 6.92 Å². The van der Waals surface area contributed by atoms with E-state index in [0.717, 1.165) is 11.4 Å². The summed E-state index contributed by atoms with van der Waals surface area (Å²) in [4.78, 5) is 11.6. The minimum Gasteiger partial charge on any atom is -0.393 e. The van der Waals surface area contributed by atoms with Crippen molar-refractivity contribution >= 4 is 5.91 Å². The fourth-order valence-corrected chi connectivity index (χ4v) is 1.61. The van der Waals surface area contributed by atoms with Gasteiger partial charge in [0.15, 0.2) is 0 Å². The van der Waals surface area contributed by atoms with Crippen LogP contribution in [0.25, 0.3) is 0 Å². The number of carbonyl (C=O) groups excluding carboxylic acids is 1. The van der Waals surface area contributed by atoms with Gasteiger partial charge in [-0.3, -0.25) is 9.48 Å². The number of hydrogen-bond donors (Lipinski definition) is 2. The van der Waals surface area contributed by atoms with Gasteiger partial charge in [-0.25, -0.2) is 0 Å². The molecule has 5 heteroatoms. The van der Waals surface area contributed by atoms with Crippen molar-refractivity contribution in [2.75, 3.05) is 6.54 Å². The maximum atomic E-state index is 11.6. The number of aromatic nitrogens is 2. The van der Waals surface area contributed by atoms with E-state index in [0.29, 0.717) is 19.4 Å². The van der Waals surface area contributed by atoms with Crippen molar-refractivity contribution in [2.45, 2.75) is 46.3 Å². The monoisotopic (exact) mass is 239 g/mol. The van der Waals surface area contributed by atoms with Gasteiger partial charge >= 0.3 is 0 Å². The lowest BCUT2D eigenvalue weighted by Crippen LogP contribution is -2.30. The highest BCUT2D eigenvalue weighted by Gasteiger charge is 2.07. The van der Waals surface area contributed by atoms with Crippen LogP contribution in [0.3, 0.4) is 0 Å². The van der Waals surface area contributed by atoms with Gasteiger partial charge in [0.2, 0.25) is 5.91 Å². The average molecular weight is 239 g/mol. The largest absolute Gasteiger partial charge is 0.393 e. The van der Waals surface area contributed by atoms with Crippen molar-refractivity contribution < 1.29 is 9.90 Å². The van der Waals surface area contributed by atoms with Crippen LogP contribution in [0.15, 0.2) is 6.07 Å². The lowest BCUT2D eigenvalue weighted by atomic mass is 10.2. The van der Waals surface area contributed by atoms with Crippen LogP contribution in [-0.4, -0.2) is 33.4 Å². The van der Waals surface area contributed by atoms with E-state index < -0.39 is 0 Å². The molecule has 0 aliphatic carbocycles. The molecule has 0 radical (unpaired) electrons. The molecule has 1 atom stereocenters. The van der Waals surface area contributed by atoms with Gasteiger partial charge in [-0.2, -0.15) is 5.10 Å². The second kappa shape index (κ2) is 6.39. The van der Waals surface area contributed by atoms with Crippen LogP contribution >= 0.6 is 0 Å². The first-order valence-corrected chi connectivity index (χ1v) is 5.98. The lowest BCUT2D eigenvalue weighted by molar-refractivity contribution is -0.121. The Balaban J connectivity index is 2.32. The maximum absolute atomic E-state index is 11.6. The molecule has 17 heavy (non-hydrogen) atoms. The van der Waals surface area contributed by atoms with E-state index in [-0.39, 0.29) is 18.6 Å². The molecule has 1 amide bonds. The van der Waals surface area contributed by atoms with Crippen LogP contribution in [0.2, 0.25) is 0 Å². The van der Waals surface area contributed by atoms with Gasteiger partial charge in [0.25, 0.3) is 0 Å². The van der Waals surface area contributed by atoms with Crippen LogP contribution in [0.4, 0.5) is 0 Å². The van der Waals surface area contributed by atoms with Crippen LogP contribution in [0.1, 0.15) is 31.2 Å². The quantitative estimate of drug-likeness (QED) is 0.770. The molecule has 0 saturated carbocycles. The van der Waals surface area contributed by atoms with E-state index in [9.17, 15) is 9.90 Å². The molecular formula is C12H21N3O2. The Hall–Kier alpha value is -1.36. The fourth-order valence-electron chi connectivity index (χ4n) is 1.61. The average Bonchev–Trinajstić information content (AvgIpc) is 2.57. The number of aliphatic hydroxyl groups excluding tert-OH is 1. The second-order valence-electron chi connectivity index (χ2n) is 4.29. The topological polar surface area (TPSA) is 67.2 Å². The molecular weight excluding hydrogens is 218 g/mol. The van der Waals surface area contributed by atoms with Gasteiger partial charge in [-0.15, -0.1) is 0 Å². The first-order valence-electron chi connectivity index (χ1n) is 5.98. The highest BCUT2D eigenvalue weighted by molar-refractivity contribution is 5.75. The standard InChI is InChI=1S/C12H21N3O2/c1-4-11(16)5-6-13-12(17)8-15-10(3)7-9(2)14-15/h7,11,16H,4-6,8H2,1-3H3,(H,13,17). The molecule has 0 spiro atoms. The van der Waals surface area contributed by atoms with E-state index >= 15 is 0 Å². The molecule has 5 nitrogen and oxygen atoms in total. The van der Waals surface area contributed by atoms with E-state index in [1.165, 1.54) is 0 Å². The zero-order valence-electron chi connectivity index (χ0n) is 10.7. The molecule has 1 unspecified atom stereocenters. The first-order chi connectivity index (χ1) is 8.02. The maximum Gasteiger partial charge on any atom is 0.241 e. The molecule has 0 bridgehead atoms. The number of hydrogen-bond acceptors (Lipinski definition) is 3. The van der Waals surface area contributed by atoms with Crippen molar-refractivity contribution in [3.05, 3.63) is 17.5 Å². The Bertz CT molecular complexity index is 374. The van der Waals surface area contributed by atoms with Crippen LogP contribution < -0.4 is 5.32 Å². The van der Waals surface area contributed by atoms with Gasteiger partial charge in [0.05, 0.1) is 11.8 Å². The molecule has 1 aromatic heterocycles. The highest BCUT2D eigenvalue weighted by atomic mass is 16.3. The zero-order chi connectivity index (χ0) is 12.8. The van der Waals surface area contributed by atoms with Crippen LogP contribution in [-0.2, 0) is 11.3 Å². The lowest BCUT2D eigenvalue weighted by Gasteiger charge is -2.09. The summed E-state index contributed by atoms with van der Waals surface area (Å²) in [6.07, 6.45) is 0.983. The summed E-state index contributed by atoms with van der Waals surface area (Å²) in [6.45, 7) is 6.49. The molecule has 1 aromatic rings. The number of aryl methyl sites for hydroxylation is 2. The summed E-state index contributed by atoms with van der Waals surface area (Å²) in [6, 6.07) is 1.94. The molecule has 0 fully saturated rings. The molecule has 0 aliphatic heterocycles. The second-order valence-corrected chi connectivity index (χ2v) is 4.29. The van der Waals surface area contributed by atoms with Crippen molar-refractivity contribution in [3.63, 3.8) is 0 Å². The number of rotatable bonds is 6. The first kappa shape index (κ1) is 13.7. The number of aliphatic hydroxyl groups is 1. The van der Waals surface area contributed by atoms with Gasteiger partial charge in [0.1, 0.15) is 6.54 Å². The number of amides is 1. The van der Waals surface area contributed by atoms with Crippen molar-refractivity contribution in [2.24, 2.45) is 0 Å². The summed E-state index contributed by atoms with van der Waals surface area (Å²) in [5.74, 6) is -0.0699. The molecule has 96 valence electrons. The van der Waals surface area contributed by atoms with E-state index in [4.69, 9.17) is 0 Å². The minimum absolute atomic E-state index is 0.0699. The third-order valence-electron chi connectivity index (χ3n) is 2.67. The number of carbonyl (C=O) groups is 1. The van der Waals surface area contributed by atoms with Crippen molar-refractivity contribution in [1.29, 1.82) is 0 Å². The Labute approximate surface area is 102 Å². The summed E-state index contributed by atoms with van der Waals surface area (Å²) in [5.41, 5.74) is 1.89. The van der Waals surface area contributed by atoms with Crippen LogP contribution in [0, 0.1) is 13.8 Å². The molecule has 2 N–H and O–H groups in total. The third-order valence-corrected chi connectivity index (χ3v) is 2.67. The smallest absolute Gasteiger partial charge is 0.241 e. The predicted octanol–water partition coefficient (Wildman–Crippen LogP) is 0.777. The third kappa shape index (κ3) is 4.56. The van der Waals surface area contributed by atoms with Gasteiger partial charge in [-0.05, 0) is 32.8 Å². The zero-order valence-corrected chi connectivity index (χ0v) is 10.7. The molecule has 1 heterocycles. The summed E-state index contributed by atoms with van der Waals surface area (Å²) >= 11 is 0. The Morgan fingerprint density at radius 2 is 2.29 bits per heavy atom. The highest BCUT2D eigenvalue weighted by Crippen LogP contribution is 2.01. The van der Waals surface area contributed by atoms with Crippen molar-refractivity contribution in [3.8, 4) is 0 Å². The van der Waals surface area contributed by atoms with Gasteiger partial charge < -0.3 is 10.4 Å². The van der Waals surface area contributed by atoms with Gasteiger partial charge in [0, 0.05) is 12.2 Å².